The number of alkyl halides is 1. The molecule has 258 valence electrons. The van der Waals surface area contributed by atoms with E-state index in [-0.39, 0.29) is 48.2 Å². The second kappa shape index (κ2) is 15.5. The van der Waals surface area contributed by atoms with E-state index < -0.39 is 59.6 Å². The van der Waals surface area contributed by atoms with Gasteiger partial charge in [0.25, 0.3) is 0 Å². The van der Waals surface area contributed by atoms with Crippen molar-refractivity contribution in [3.05, 3.63) is 61.2 Å². The Hall–Kier alpha value is -3.02. The van der Waals surface area contributed by atoms with E-state index in [4.69, 9.17) is 9.47 Å². The second-order valence-electron chi connectivity index (χ2n) is 13.7. The van der Waals surface area contributed by atoms with Crippen LogP contribution in [0.5, 0.6) is 0 Å². The molecule has 11 heteroatoms. The number of aliphatic hydroxyl groups is 1. The predicted octanol–water partition coefficient (Wildman–Crippen LogP) is 4.32. The molecule has 0 saturated carbocycles. The number of carbonyl (C=O) groups is 4. The van der Waals surface area contributed by atoms with Gasteiger partial charge in [-0.05, 0) is 51.5 Å². The number of hydrogen-bond acceptors (Lipinski definition) is 7. The first-order chi connectivity index (χ1) is 22.3. The average Bonchev–Trinajstić information content (AvgIpc) is 3.63. The second-order valence-corrected chi connectivity index (χ2v) is 14.9. The number of nitrogens with zero attached hydrogens (tertiary/aromatic N) is 2. The van der Waals surface area contributed by atoms with Crippen LogP contribution in [-0.4, -0.2) is 92.4 Å². The van der Waals surface area contributed by atoms with Crippen LogP contribution in [0.2, 0.25) is 0 Å². The zero-order valence-electron chi connectivity index (χ0n) is 28.1. The third kappa shape index (κ3) is 7.22. The normalized spacial score (nSPS) is 28.1. The van der Waals surface area contributed by atoms with E-state index in [0.717, 1.165) is 0 Å². The number of halogens is 1. The van der Waals surface area contributed by atoms with E-state index >= 15 is 0 Å². The number of esters is 1. The van der Waals surface area contributed by atoms with Crippen molar-refractivity contribution in [1.82, 2.24) is 15.1 Å². The fourth-order valence-corrected chi connectivity index (χ4v) is 8.56. The predicted molar refractivity (Wildman–Crippen MR) is 182 cm³/mol. The van der Waals surface area contributed by atoms with Crippen LogP contribution in [0.4, 0.5) is 0 Å². The molecule has 3 heterocycles. The molecule has 0 radical (unpaired) electrons. The van der Waals surface area contributed by atoms with Crippen molar-refractivity contribution in [2.75, 3.05) is 13.2 Å². The lowest BCUT2D eigenvalue weighted by molar-refractivity contribution is -0.162. The van der Waals surface area contributed by atoms with Crippen molar-refractivity contribution in [3.63, 3.8) is 0 Å². The minimum absolute atomic E-state index is 0.125. The molecule has 10 nitrogen and oxygen atoms in total. The van der Waals surface area contributed by atoms with Gasteiger partial charge in [-0.25, -0.2) is 0 Å². The summed E-state index contributed by atoms with van der Waals surface area (Å²) in [5.41, 5.74) is -0.615. The molecule has 3 aliphatic rings. The highest BCUT2D eigenvalue weighted by atomic mass is 79.9. The van der Waals surface area contributed by atoms with Crippen molar-refractivity contribution in [3.8, 4) is 0 Å². The molecular weight excluding hydrogens is 666 g/mol. The summed E-state index contributed by atoms with van der Waals surface area (Å²) in [5, 5.41) is 13.5. The quantitative estimate of drug-likeness (QED) is 0.148. The maximum atomic E-state index is 14.6. The minimum atomic E-state index is -1.30. The van der Waals surface area contributed by atoms with Crippen molar-refractivity contribution in [2.24, 2.45) is 17.8 Å². The standard InChI is InChI=1S/C36H50BrN3O7/c1-8-10-16-27(42)38-23(7)30(24-14-12-11-13-15-24)46-35(45)28-29-33(43)40(25(20-41)18-21(3)4)32(34(44)39(17-9-2)22(5)6)36(29)19-26(37)31(28)47-36/h8-9,11-15,21-23,25-26,28-32,41H,1-2,10,16-20H2,3-7H3,(H,38,42)/t23-,25+,26?,28-,29+,30-,31-,32-,36+/m0/s1. The smallest absolute Gasteiger partial charge is 0.313 e. The average molecular weight is 717 g/mol. The van der Waals surface area contributed by atoms with Crippen LogP contribution in [0.15, 0.2) is 55.6 Å². The van der Waals surface area contributed by atoms with E-state index in [1.165, 1.54) is 4.90 Å². The number of ether oxygens (including phenoxy) is 2. The zero-order chi connectivity index (χ0) is 34.6. The van der Waals surface area contributed by atoms with Crippen LogP contribution in [0, 0.1) is 17.8 Å². The van der Waals surface area contributed by atoms with Crippen LogP contribution in [0.1, 0.15) is 72.0 Å². The van der Waals surface area contributed by atoms with Crippen molar-refractivity contribution in [1.29, 1.82) is 0 Å². The number of hydrogen-bond donors (Lipinski definition) is 2. The van der Waals surface area contributed by atoms with Crippen molar-refractivity contribution < 1.29 is 33.8 Å². The summed E-state index contributed by atoms with van der Waals surface area (Å²) >= 11 is 3.72. The maximum absolute atomic E-state index is 14.6. The highest BCUT2D eigenvalue weighted by molar-refractivity contribution is 9.09. The topological polar surface area (TPSA) is 125 Å². The van der Waals surface area contributed by atoms with Gasteiger partial charge < -0.3 is 29.7 Å². The molecule has 1 aromatic carbocycles. The molecule has 0 aliphatic carbocycles. The molecule has 3 amide bonds. The van der Waals surface area contributed by atoms with Gasteiger partial charge in [0.1, 0.15) is 17.7 Å². The van der Waals surface area contributed by atoms with Gasteiger partial charge in [0.15, 0.2) is 0 Å². The van der Waals surface area contributed by atoms with Gasteiger partial charge in [-0.15, -0.1) is 13.2 Å². The Morgan fingerprint density at radius 3 is 2.43 bits per heavy atom. The summed E-state index contributed by atoms with van der Waals surface area (Å²) in [6, 6.07) is 6.68. The monoisotopic (exact) mass is 715 g/mol. The number of allylic oxidation sites excluding steroid dienone is 1. The summed E-state index contributed by atoms with van der Waals surface area (Å²) in [5.74, 6) is -3.41. The number of amides is 3. The number of likely N-dealkylation sites (tertiary alicyclic amines) is 1. The molecule has 1 aromatic rings. The minimum Gasteiger partial charge on any atom is -0.455 e. The largest absolute Gasteiger partial charge is 0.455 e. The molecule has 9 atom stereocenters. The summed E-state index contributed by atoms with van der Waals surface area (Å²) in [6.07, 6.45) is 3.31. The van der Waals surface area contributed by atoms with Crippen LogP contribution in [0.3, 0.4) is 0 Å². The SMILES string of the molecule is C=CCCC(=O)N[C@@H](C)[C@H](OC(=O)[C@@H]1[C@H]2O[C@@]3(CC2Br)[C@H](C(=O)N(CC=C)C(C)C)N([C@@H](CO)CC(C)C)C(=O)[C@@H]13)c1ccccc1. The van der Waals surface area contributed by atoms with Gasteiger partial charge in [-0.1, -0.05) is 72.3 Å². The molecule has 3 saturated heterocycles. The first kappa shape index (κ1) is 36.8. The third-order valence-corrected chi connectivity index (χ3v) is 10.4. The number of nitrogens with one attached hydrogen (secondary N) is 1. The molecule has 0 aromatic heterocycles. The Bertz CT molecular complexity index is 1320. The Kier molecular flexibility index (Phi) is 12.1. The molecule has 1 unspecified atom stereocenters. The number of rotatable bonds is 16. The van der Waals surface area contributed by atoms with Gasteiger partial charge in [-0.3, -0.25) is 19.2 Å². The molecule has 3 aliphatic heterocycles. The van der Waals surface area contributed by atoms with E-state index in [2.05, 4.69) is 34.4 Å². The maximum Gasteiger partial charge on any atom is 0.313 e. The lowest BCUT2D eigenvalue weighted by Gasteiger charge is -2.40. The molecule has 47 heavy (non-hydrogen) atoms. The summed E-state index contributed by atoms with van der Waals surface area (Å²) in [7, 11) is 0. The summed E-state index contributed by atoms with van der Waals surface area (Å²) in [6.45, 7) is 17.0. The van der Waals surface area contributed by atoms with Gasteiger partial charge in [0.2, 0.25) is 17.7 Å². The molecule has 2 bridgehead atoms. The fraction of sp³-hybridized carbons (Fsp3) is 0.611. The first-order valence-electron chi connectivity index (χ1n) is 16.6. The van der Waals surface area contributed by atoms with E-state index in [0.29, 0.717) is 24.8 Å². The van der Waals surface area contributed by atoms with Gasteiger partial charge in [-0.2, -0.15) is 0 Å². The Balaban J connectivity index is 1.74. The van der Waals surface area contributed by atoms with Gasteiger partial charge >= 0.3 is 5.97 Å². The third-order valence-electron chi connectivity index (χ3n) is 9.60. The van der Waals surface area contributed by atoms with Gasteiger partial charge in [0, 0.05) is 23.8 Å². The van der Waals surface area contributed by atoms with Crippen LogP contribution >= 0.6 is 15.9 Å². The number of benzene rings is 1. The fourth-order valence-electron chi connectivity index (χ4n) is 7.62. The number of aliphatic hydroxyl groups excluding tert-OH is 1. The molecular formula is C36H50BrN3O7. The number of carbonyl (C=O) groups excluding carboxylic acids is 4. The van der Waals surface area contributed by atoms with E-state index in [1.54, 1.807) is 24.0 Å². The van der Waals surface area contributed by atoms with Crippen LogP contribution in [-0.2, 0) is 28.7 Å². The highest BCUT2D eigenvalue weighted by Gasteiger charge is 2.77. The number of fused-ring (bicyclic) bond motifs is 1. The molecule has 1 spiro atoms. The molecule has 2 N–H and O–H groups in total. The van der Waals surface area contributed by atoms with E-state index in [9.17, 15) is 24.3 Å². The summed E-state index contributed by atoms with van der Waals surface area (Å²) < 4.78 is 12.9. The van der Waals surface area contributed by atoms with Gasteiger partial charge in [0.05, 0.1) is 36.6 Å². The Morgan fingerprint density at radius 1 is 1.17 bits per heavy atom. The first-order valence-corrected chi connectivity index (χ1v) is 17.6. The summed E-state index contributed by atoms with van der Waals surface area (Å²) in [4.78, 5) is 59.0. The lowest BCUT2D eigenvalue weighted by Crippen LogP contribution is -2.60. The molecule has 4 rings (SSSR count). The van der Waals surface area contributed by atoms with E-state index in [1.807, 2.05) is 58.0 Å². The van der Waals surface area contributed by atoms with Crippen LogP contribution in [0.25, 0.3) is 0 Å². The lowest BCUT2D eigenvalue weighted by atomic mass is 9.70. The zero-order valence-corrected chi connectivity index (χ0v) is 29.7. The van der Waals surface area contributed by atoms with Crippen molar-refractivity contribution >= 4 is 39.6 Å². The molecule has 3 fully saturated rings. The Labute approximate surface area is 287 Å². The Morgan fingerprint density at radius 2 is 1.85 bits per heavy atom. The highest BCUT2D eigenvalue weighted by Crippen LogP contribution is 2.61. The van der Waals surface area contributed by atoms with Crippen LogP contribution < -0.4 is 5.32 Å². The van der Waals surface area contributed by atoms with Crippen molar-refractivity contribution in [2.45, 2.75) is 107 Å².